The maximum absolute atomic E-state index is 12.4. The highest BCUT2D eigenvalue weighted by Gasteiger charge is 2.44. The molecule has 0 aliphatic heterocycles. The Morgan fingerprint density at radius 1 is 1.04 bits per heavy atom. The lowest BCUT2D eigenvalue weighted by Gasteiger charge is -2.05. The van der Waals surface area contributed by atoms with E-state index in [4.69, 9.17) is 9.47 Å². The first-order valence-corrected chi connectivity index (χ1v) is 8.28. The number of ether oxygens (including phenoxy) is 2. The van der Waals surface area contributed by atoms with E-state index >= 15 is 0 Å². The van der Waals surface area contributed by atoms with Gasteiger partial charge in [-0.05, 0) is 42.2 Å². The molecule has 0 N–H and O–H groups in total. The van der Waals surface area contributed by atoms with Crippen molar-refractivity contribution in [3.8, 4) is 5.75 Å². The van der Waals surface area contributed by atoms with Gasteiger partial charge in [0.15, 0.2) is 0 Å². The molecule has 0 spiro atoms. The van der Waals surface area contributed by atoms with E-state index < -0.39 is 0 Å². The first-order valence-electron chi connectivity index (χ1n) is 8.28. The summed E-state index contributed by atoms with van der Waals surface area (Å²) in [5.74, 6) is 0.627. The summed E-state index contributed by atoms with van der Waals surface area (Å²) >= 11 is 0. The number of methoxy groups -OCH3 is 1. The van der Waals surface area contributed by atoms with E-state index in [1.807, 2.05) is 31.2 Å². The van der Waals surface area contributed by atoms with Crippen LogP contribution >= 0.6 is 0 Å². The maximum atomic E-state index is 12.4. The quantitative estimate of drug-likeness (QED) is 0.734. The third kappa shape index (κ3) is 3.21. The second-order valence-electron chi connectivity index (χ2n) is 6.04. The summed E-state index contributed by atoms with van der Waals surface area (Å²) in [6.45, 7) is 4.51. The molecule has 0 saturated heterocycles. The molecule has 1 aliphatic carbocycles. The van der Waals surface area contributed by atoms with Gasteiger partial charge in [0.1, 0.15) is 5.75 Å². The van der Waals surface area contributed by atoms with Gasteiger partial charge in [0, 0.05) is 5.92 Å². The third-order valence-corrected chi connectivity index (χ3v) is 4.25. The molecule has 0 heterocycles. The molecule has 0 fully saturated rings. The maximum Gasteiger partial charge on any atom is 0.335 e. The highest BCUT2D eigenvalue weighted by Crippen LogP contribution is 2.54. The van der Waals surface area contributed by atoms with Gasteiger partial charge in [-0.1, -0.05) is 48.9 Å². The zero-order chi connectivity index (χ0) is 17.1. The van der Waals surface area contributed by atoms with Crippen molar-refractivity contribution >= 4 is 11.5 Å². The van der Waals surface area contributed by atoms with Gasteiger partial charge in [0.25, 0.3) is 0 Å². The van der Waals surface area contributed by atoms with E-state index in [2.05, 4.69) is 31.2 Å². The Bertz CT molecular complexity index is 755. The monoisotopic (exact) mass is 322 g/mol. The Balaban J connectivity index is 1.90. The molecule has 3 nitrogen and oxygen atoms in total. The number of rotatable bonds is 6. The van der Waals surface area contributed by atoms with Gasteiger partial charge < -0.3 is 9.47 Å². The van der Waals surface area contributed by atoms with Crippen molar-refractivity contribution in [2.45, 2.75) is 26.2 Å². The van der Waals surface area contributed by atoms with Crippen molar-refractivity contribution in [3.05, 3.63) is 70.8 Å². The zero-order valence-corrected chi connectivity index (χ0v) is 14.3. The molecule has 3 heteroatoms. The van der Waals surface area contributed by atoms with Gasteiger partial charge in [-0.25, -0.2) is 4.79 Å². The van der Waals surface area contributed by atoms with E-state index in [0.717, 1.165) is 34.4 Å². The highest BCUT2D eigenvalue weighted by molar-refractivity contribution is 6.13. The Labute approximate surface area is 142 Å². The van der Waals surface area contributed by atoms with E-state index in [0.29, 0.717) is 6.61 Å². The lowest BCUT2D eigenvalue weighted by molar-refractivity contribution is -0.138. The molecule has 1 aliphatic rings. The van der Waals surface area contributed by atoms with Gasteiger partial charge >= 0.3 is 5.97 Å². The molecular weight excluding hydrogens is 300 g/mol. The standard InChI is InChI=1S/C21H22O3/c1-4-13-24-21(22)20-18(15-7-5-14(2)6-8-15)19(20)16-9-11-17(23-3)12-10-16/h5-12,19H,4,13H2,1-3H3. The van der Waals surface area contributed by atoms with Crippen molar-refractivity contribution in [2.75, 3.05) is 13.7 Å². The first-order chi connectivity index (χ1) is 11.7. The summed E-state index contributed by atoms with van der Waals surface area (Å²) in [5.41, 5.74) is 5.23. The normalized spacial score (nSPS) is 16.0. The van der Waals surface area contributed by atoms with Crippen molar-refractivity contribution < 1.29 is 14.3 Å². The average Bonchev–Trinajstić information content (AvgIpc) is 3.36. The molecule has 2 aromatic carbocycles. The molecular formula is C21H22O3. The number of benzene rings is 2. The minimum atomic E-state index is -0.201. The fourth-order valence-corrected chi connectivity index (χ4v) is 2.91. The van der Waals surface area contributed by atoms with Crippen LogP contribution in [-0.4, -0.2) is 19.7 Å². The molecule has 0 bridgehead atoms. The highest BCUT2D eigenvalue weighted by atomic mass is 16.5. The van der Waals surface area contributed by atoms with Gasteiger partial charge in [-0.3, -0.25) is 0 Å². The summed E-state index contributed by atoms with van der Waals surface area (Å²) in [7, 11) is 1.65. The van der Waals surface area contributed by atoms with E-state index in [-0.39, 0.29) is 11.9 Å². The van der Waals surface area contributed by atoms with Crippen LogP contribution in [0.1, 0.15) is 36.0 Å². The second kappa shape index (κ2) is 6.91. The fraction of sp³-hybridized carbons (Fsp3) is 0.286. The molecule has 24 heavy (non-hydrogen) atoms. The largest absolute Gasteiger partial charge is 0.497 e. The summed E-state index contributed by atoms with van der Waals surface area (Å²) < 4.78 is 10.6. The smallest absolute Gasteiger partial charge is 0.335 e. The number of carbonyl (C=O) groups is 1. The number of hydrogen-bond donors (Lipinski definition) is 0. The minimum absolute atomic E-state index is 0.0166. The van der Waals surface area contributed by atoms with Gasteiger partial charge in [-0.2, -0.15) is 0 Å². The topological polar surface area (TPSA) is 35.5 Å². The summed E-state index contributed by atoms with van der Waals surface area (Å²) in [4.78, 5) is 12.4. The second-order valence-corrected chi connectivity index (χ2v) is 6.04. The van der Waals surface area contributed by atoms with Gasteiger partial charge in [0.05, 0.1) is 19.3 Å². The van der Waals surface area contributed by atoms with E-state index in [9.17, 15) is 4.79 Å². The summed E-state index contributed by atoms with van der Waals surface area (Å²) in [6.07, 6.45) is 0.825. The molecule has 0 aromatic heterocycles. The Morgan fingerprint density at radius 3 is 2.29 bits per heavy atom. The Hall–Kier alpha value is -2.55. The molecule has 2 aromatic rings. The van der Waals surface area contributed by atoms with Crippen LogP contribution < -0.4 is 4.74 Å². The van der Waals surface area contributed by atoms with Crippen LogP contribution in [0.25, 0.3) is 5.57 Å². The SMILES string of the molecule is CCCOC(=O)C1=C(c2ccc(C)cc2)C1c1ccc(OC)cc1. The lowest BCUT2D eigenvalue weighted by Crippen LogP contribution is -2.04. The molecule has 0 saturated carbocycles. The first kappa shape index (κ1) is 16.3. The van der Waals surface area contributed by atoms with Gasteiger partial charge in [-0.15, -0.1) is 0 Å². The number of hydrogen-bond acceptors (Lipinski definition) is 3. The molecule has 3 rings (SSSR count). The Morgan fingerprint density at radius 2 is 1.71 bits per heavy atom. The predicted octanol–water partition coefficient (Wildman–Crippen LogP) is 4.51. The van der Waals surface area contributed by atoms with E-state index in [1.165, 1.54) is 5.56 Å². The fourth-order valence-electron chi connectivity index (χ4n) is 2.91. The molecule has 1 unspecified atom stereocenters. The van der Waals surface area contributed by atoms with Crippen LogP contribution in [0, 0.1) is 6.92 Å². The third-order valence-electron chi connectivity index (χ3n) is 4.25. The minimum Gasteiger partial charge on any atom is -0.497 e. The Kier molecular flexibility index (Phi) is 4.70. The van der Waals surface area contributed by atoms with Crippen LogP contribution in [0.15, 0.2) is 54.1 Å². The van der Waals surface area contributed by atoms with E-state index in [1.54, 1.807) is 7.11 Å². The van der Waals surface area contributed by atoms with Crippen LogP contribution in [-0.2, 0) is 9.53 Å². The zero-order valence-electron chi connectivity index (χ0n) is 14.3. The van der Waals surface area contributed by atoms with Crippen molar-refractivity contribution in [2.24, 2.45) is 0 Å². The van der Waals surface area contributed by atoms with Crippen LogP contribution in [0.2, 0.25) is 0 Å². The van der Waals surface area contributed by atoms with Crippen molar-refractivity contribution in [1.29, 1.82) is 0 Å². The molecule has 1 atom stereocenters. The van der Waals surface area contributed by atoms with Crippen molar-refractivity contribution in [3.63, 3.8) is 0 Å². The predicted molar refractivity (Wildman–Crippen MR) is 95.1 cm³/mol. The molecule has 0 radical (unpaired) electrons. The van der Waals surface area contributed by atoms with Gasteiger partial charge in [0.2, 0.25) is 0 Å². The summed E-state index contributed by atoms with van der Waals surface area (Å²) in [5, 5.41) is 0. The number of esters is 1. The molecule has 124 valence electrons. The summed E-state index contributed by atoms with van der Waals surface area (Å²) in [6, 6.07) is 16.2. The number of allylic oxidation sites excluding steroid dienone is 1. The van der Waals surface area contributed by atoms with Crippen LogP contribution in [0.3, 0.4) is 0 Å². The number of carbonyl (C=O) groups excluding carboxylic acids is 1. The molecule has 0 amide bonds. The van der Waals surface area contributed by atoms with Crippen molar-refractivity contribution in [1.82, 2.24) is 0 Å². The lowest BCUT2D eigenvalue weighted by atomic mass is 10.0. The van der Waals surface area contributed by atoms with Crippen LogP contribution in [0.4, 0.5) is 0 Å². The number of aryl methyl sites for hydroxylation is 1. The van der Waals surface area contributed by atoms with Crippen LogP contribution in [0.5, 0.6) is 5.75 Å². The average molecular weight is 322 g/mol.